The standard InChI is InChI=1S/C23H21NO/c25-23(21-14-8-3-9-15-21)17-22(16-19-10-4-1-5-11-19)24-18-20-12-6-2-7-13-20/h1-15,17,24H,16,18H2/b22-17+. The molecule has 0 atom stereocenters. The second kappa shape index (κ2) is 8.65. The normalized spacial score (nSPS) is 11.1. The molecule has 0 heterocycles. The molecule has 3 aromatic carbocycles. The molecule has 0 amide bonds. The van der Waals surface area contributed by atoms with Crippen LogP contribution in [0.4, 0.5) is 0 Å². The molecule has 0 fully saturated rings. The third-order valence-electron chi connectivity index (χ3n) is 3.96. The Bertz CT molecular complexity index is 824. The second-order valence-corrected chi connectivity index (χ2v) is 5.90. The molecule has 0 saturated heterocycles. The first kappa shape index (κ1) is 16.7. The van der Waals surface area contributed by atoms with Gasteiger partial charge in [-0.3, -0.25) is 4.79 Å². The summed E-state index contributed by atoms with van der Waals surface area (Å²) in [5, 5.41) is 3.43. The molecule has 1 N–H and O–H groups in total. The van der Waals surface area contributed by atoms with Gasteiger partial charge in [-0.25, -0.2) is 0 Å². The average molecular weight is 327 g/mol. The number of nitrogens with one attached hydrogen (secondary N) is 1. The number of allylic oxidation sites excluding steroid dienone is 2. The van der Waals surface area contributed by atoms with E-state index in [4.69, 9.17) is 0 Å². The van der Waals surface area contributed by atoms with Crippen LogP contribution in [0.5, 0.6) is 0 Å². The van der Waals surface area contributed by atoms with Crippen LogP contribution in [0.25, 0.3) is 0 Å². The zero-order valence-electron chi connectivity index (χ0n) is 14.1. The van der Waals surface area contributed by atoms with Gasteiger partial charge in [0.2, 0.25) is 0 Å². The van der Waals surface area contributed by atoms with E-state index in [1.165, 1.54) is 11.1 Å². The fourth-order valence-corrected chi connectivity index (χ4v) is 2.64. The van der Waals surface area contributed by atoms with E-state index in [-0.39, 0.29) is 5.78 Å². The van der Waals surface area contributed by atoms with Crippen LogP contribution in [0.3, 0.4) is 0 Å². The zero-order chi connectivity index (χ0) is 17.3. The Morgan fingerprint density at radius 2 is 1.24 bits per heavy atom. The van der Waals surface area contributed by atoms with E-state index in [2.05, 4.69) is 29.6 Å². The van der Waals surface area contributed by atoms with Crippen molar-refractivity contribution in [2.45, 2.75) is 13.0 Å². The van der Waals surface area contributed by atoms with Crippen LogP contribution in [-0.4, -0.2) is 5.78 Å². The molecule has 0 saturated carbocycles. The highest BCUT2D eigenvalue weighted by atomic mass is 16.1. The largest absolute Gasteiger partial charge is 0.384 e. The maximum absolute atomic E-state index is 12.5. The number of rotatable bonds is 7. The van der Waals surface area contributed by atoms with Crippen molar-refractivity contribution in [1.29, 1.82) is 0 Å². The molecule has 0 unspecified atom stereocenters. The topological polar surface area (TPSA) is 29.1 Å². The first-order valence-corrected chi connectivity index (χ1v) is 8.43. The van der Waals surface area contributed by atoms with E-state index in [9.17, 15) is 4.79 Å². The van der Waals surface area contributed by atoms with Gasteiger partial charge in [-0.05, 0) is 11.1 Å². The Kier molecular flexibility index (Phi) is 5.78. The van der Waals surface area contributed by atoms with E-state index in [1.807, 2.05) is 66.7 Å². The van der Waals surface area contributed by atoms with Gasteiger partial charge >= 0.3 is 0 Å². The summed E-state index contributed by atoms with van der Waals surface area (Å²) >= 11 is 0. The summed E-state index contributed by atoms with van der Waals surface area (Å²) in [6, 6.07) is 29.7. The summed E-state index contributed by atoms with van der Waals surface area (Å²) in [7, 11) is 0. The minimum absolute atomic E-state index is 0.0205. The molecule has 0 aromatic heterocycles. The molecule has 0 bridgehead atoms. The minimum atomic E-state index is 0.0205. The van der Waals surface area contributed by atoms with Gasteiger partial charge in [0.25, 0.3) is 0 Å². The Labute approximate surface area is 148 Å². The van der Waals surface area contributed by atoms with E-state index >= 15 is 0 Å². The van der Waals surface area contributed by atoms with Gasteiger partial charge in [0.15, 0.2) is 5.78 Å². The van der Waals surface area contributed by atoms with Crippen LogP contribution in [0.2, 0.25) is 0 Å². The molecule has 0 radical (unpaired) electrons. The summed E-state index contributed by atoms with van der Waals surface area (Å²) in [5.74, 6) is 0.0205. The molecule has 0 aliphatic heterocycles. The van der Waals surface area contributed by atoms with E-state index < -0.39 is 0 Å². The maximum atomic E-state index is 12.5. The molecule has 2 nitrogen and oxygen atoms in total. The van der Waals surface area contributed by atoms with Crippen molar-refractivity contribution in [1.82, 2.24) is 5.32 Å². The number of hydrogen-bond donors (Lipinski definition) is 1. The first-order chi connectivity index (χ1) is 12.3. The van der Waals surface area contributed by atoms with E-state index in [0.29, 0.717) is 18.5 Å². The van der Waals surface area contributed by atoms with Crippen LogP contribution in [-0.2, 0) is 13.0 Å². The molecule has 25 heavy (non-hydrogen) atoms. The van der Waals surface area contributed by atoms with Crippen molar-refractivity contribution < 1.29 is 4.79 Å². The van der Waals surface area contributed by atoms with Gasteiger partial charge in [-0.15, -0.1) is 0 Å². The van der Waals surface area contributed by atoms with Crippen LogP contribution in [0.15, 0.2) is 103 Å². The molecule has 0 aliphatic rings. The van der Waals surface area contributed by atoms with Crippen LogP contribution >= 0.6 is 0 Å². The summed E-state index contributed by atoms with van der Waals surface area (Å²) in [4.78, 5) is 12.5. The predicted octanol–water partition coefficient (Wildman–Crippen LogP) is 4.79. The molecule has 124 valence electrons. The Morgan fingerprint density at radius 3 is 1.84 bits per heavy atom. The lowest BCUT2D eigenvalue weighted by molar-refractivity contribution is 0.104. The van der Waals surface area contributed by atoms with Crippen LogP contribution in [0.1, 0.15) is 21.5 Å². The third kappa shape index (κ3) is 5.18. The van der Waals surface area contributed by atoms with Gasteiger partial charge in [-0.2, -0.15) is 0 Å². The molecule has 3 aromatic rings. The van der Waals surface area contributed by atoms with E-state index in [1.54, 1.807) is 6.08 Å². The third-order valence-corrected chi connectivity index (χ3v) is 3.96. The number of carbonyl (C=O) groups excluding carboxylic acids is 1. The molecule has 3 rings (SSSR count). The summed E-state index contributed by atoms with van der Waals surface area (Å²) in [6.07, 6.45) is 2.41. The highest BCUT2D eigenvalue weighted by Gasteiger charge is 2.06. The fourth-order valence-electron chi connectivity index (χ4n) is 2.64. The minimum Gasteiger partial charge on any atom is -0.384 e. The van der Waals surface area contributed by atoms with Crippen LogP contribution < -0.4 is 5.32 Å². The predicted molar refractivity (Wildman–Crippen MR) is 102 cm³/mol. The lowest BCUT2D eigenvalue weighted by Gasteiger charge is -2.12. The lowest BCUT2D eigenvalue weighted by atomic mass is 10.1. The van der Waals surface area contributed by atoms with Crippen molar-refractivity contribution in [3.05, 3.63) is 119 Å². The lowest BCUT2D eigenvalue weighted by Crippen LogP contribution is -2.16. The summed E-state index contributed by atoms with van der Waals surface area (Å²) < 4.78 is 0. The molecular weight excluding hydrogens is 306 g/mol. The van der Waals surface area contributed by atoms with Gasteiger partial charge in [-0.1, -0.05) is 91.0 Å². The van der Waals surface area contributed by atoms with Gasteiger partial charge in [0, 0.05) is 30.3 Å². The van der Waals surface area contributed by atoms with Crippen molar-refractivity contribution in [2.75, 3.05) is 0 Å². The Balaban J connectivity index is 1.78. The fraction of sp³-hybridized carbons (Fsp3) is 0.0870. The highest BCUT2D eigenvalue weighted by Crippen LogP contribution is 2.10. The molecule has 0 spiro atoms. The summed E-state index contributed by atoms with van der Waals surface area (Å²) in [5.41, 5.74) is 3.99. The molecule has 2 heteroatoms. The van der Waals surface area contributed by atoms with Gasteiger partial charge in [0.05, 0.1) is 0 Å². The quantitative estimate of drug-likeness (QED) is 0.499. The number of carbonyl (C=O) groups is 1. The molecular formula is C23H21NO. The first-order valence-electron chi connectivity index (χ1n) is 8.43. The van der Waals surface area contributed by atoms with E-state index in [0.717, 1.165) is 5.70 Å². The number of benzene rings is 3. The van der Waals surface area contributed by atoms with Crippen molar-refractivity contribution in [2.24, 2.45) is 0 Å². The van der Waals surface area contributed by atoms with Crippen LogP contribution in [0, 0.1) is 0 Å². The van der Waals surface area contributed by atoms with Crippen molar-refractivity contribution in [3.8, 4) is 0 Å². The summed E-state index contributed by atoms with van der Waals surface area (Å²) in [6.45, 7) is 0.696. The zero-order valence-corrected chi connectivity index (χ0v) is 14.1. The maximum Gasteiger partial charge on any atom is 0.187 e. The molecule has 0 aliphatic carbocycles. The Hall–Kier alpha value is -3.13. The van der Waals surface area contributed by atoms with Crippen molar-refractivity contribution in [3.63, 3.8) is 0 Å². The van der Waals surface area contributed by atoms with Crippen molar-refractivity contribution >= 4 is 5.78 Å². The SMILES string of the molecule is O=C(/C=C(\Cc1ccccc1)NCc1ccccc1)c1ccccc1. The smallest absolute Gasteiger partial charge is 0.187 e. The number of hydrogen-bond acceptors (Lipinski definition) is 2. The Morgan fingerprint density at radius 1 is 0.720 bits per heavy atom. The highest BCUT2D eigenvalue weighted by molar-refractivity contribution is 6.04. The second-order valence-electron chi connectivity index (χ2n) is 5.90. The van der Waals surface area contributed by atoms with Gasteiger partial charge in [0.1, 0.15) is 0 Å². The number of ketones is 1. The average Bonchev–Trinajstić information content (AvgIpc) is 2.68. The van der Waals surface area contributed by atoms with Gasteiger partial charge < -0.3 is 5.32 Å². The monoisotopic (exact) mass is 327 g/mol.